The first-order valence-electron chi connectivity index (χ1n) is 10.8. The number of imide groups is 1. The van der Waals surface area contributed by atoms with E-state index in [4.69, 9.17) is 4.74 Å². The maximum atomic E-state index is 13.6. The summed E-state index contributed by atoms with van der Waals surface area (Å²) >= 11 is 0. The molecule has 0 aliphatic carbocycles. The van der Waals surface area contributed by atoms with Crippen LogP contribution in [0.1, 0.15) is 30.9 Å². The number of aliphatic hydroxyl groups is 1. The van der Waals surface area contributed by atoms with Gasteiger partial charge in [0.25, 0.3) is 11.8 Å². The zero-order valence-electron chi connectivity index (χ0n) is 18.0. The standard InChI is InChI=1S/C25H28N2O4/c1-3-31-21-11-9-19(10-12-21)22-23(26-13-5-7-18(15-26)16-28)25(30)27(24(22)29)20-8-4-6-17(2)14-20/h4,6,8-12,14,18,28H,3,5,7,13,15-16H2,1-2H3. The number of amides is 2. The summed E-state index contributed by atoms with van der Waals surface area (Å²) in [5, 5.41) is 9.68. The fraction of sp³-hybridized carbons (Fsp3) is 0.360. The molecule has 2 amide bonds. The molecule has 1 N–H and O–H groups in total. The highest BCUT2D eigenvalue weighted by atomic mass is 16.5. The third-order valence-corrected chi connectivity index (χ3v) is 5.87. The lowest BCUT2D eigenvalue weighted by Crippen LogP contribution is -2.40. The van der Waals surface area contributed by atoms with Crippen molar-refractivity contribution >= 4 is 23.1 Å². The van der Waals surface area contributed by atoms with Gasteiger partial charge < -0.3 is 14.7 Å². The van der Waals surface area contributed by atoms with E-state index < -0.39 is 0 Å². The highest BCUT2D eigenvalue weighted by molar-refractivity contribution is 6.45. The minimum absolute atomic E-state index is 0.0753. The zero-order chi connectivity index (χ0) is 22.0. The Balaban J connectivity index is 1.79. The molecule has 4 rings (SSSR count). The van der Waals surface area contributed by atoms with Crippen molar-refractivity contribution in [3.63, 3.8) is 0 Å². The molecule has 1 fully saturated rings. The molecule has 0 bridgehead atoms. The van der Waals surface area contributed by atoms with E-state index in [-0.39, 0.29) is 24.3 Å². The van der Waals surface area contributed by atoms with Crippen LogP contribution in [-0.2, 0) is 9.59 Å². The number of hydrogen-bond acceptors (Lipinski definition) is 5. The van der Waals surface area contributed by atoms with Crippen molar-refractivity contribution in [2.75, 3.05) is 31.2 Å². The second-order valence-electron chi connectivity index (χ2n) is 8.10. The molecule has 1 atom stereocenters. The zero-order valence-corrected chi connectivity index (χ0v) is 18.0. The average Bonchev–Trinajstić information content (AvgIpc) is 3.04. The monoisotopic (exact) mass is 420 g/mol. The molecule has 31 heavy (non-hydrogen) atoms. The molecule has 162 valence electrons. The van der Waals surface area contributed by atoms with Gasteiger partial charge in [0.1, 0.15) is 11.4 Å². The fourth-order valence-corrected chi connectivity index (χ4v) is 4.37. The second-order valence-corrected chi connectivity index (χ2v) is 8.10. The molecule has 6 heteroatoms. The van der Waals surface area contributed by atoms with Gasteiger partial charge in [0, 0.05) is 19.7 Å². The molecule has 2 aromatic rings. The van der Waals surface area contributed by atoms with E-state index in [1.54, 1.807) is 6.07 Å². The molecule has 6 nitrogen and oxygen atoms in total. The number of ether oxygens (including phenoxy) is 1. The number of rotatable bonds is 6. The number of anilines is 1. The minimum Gasteiger partial charge on any atom is -0.494 e. The molecule has 2 aliphatic rings. The topological polar surface area (TPSA) is 70.1 Å². The molecule has 2 heterocycles. The molecule has 1 unspecified atom stereocenters. The molecule has 2 aromatic carbocycles. The van der Waals surface area contributed by atoms with Crippen LogP contribution in [0.2, 0.25) is 0 Å². The average molecular weight is 421 g/mol. The van der Waals surface area contributed by atoms with E-state index in [1.807, 2.05) is 61.2 Å². The second kappa shape index (κ2) is 8.94. The van der Waals surface area contributed by atoms with Crippen LogP contribution in [0.3, 0.4) is 0 Å². The quantitative estimate of drug-likeness (QED) is 0.726. The van der Waals surface area contributed by atoms with Crippen LogP contribution >= 0.6 is 0 Å². The maximum absolute atomic E-state index is 13.6. The van der Waals surface area contributed by atoms with Gasteiger partial charge in [0.2, 0.25) is 0 Å². The van der Waals surface area contributed by atoms with Gasteiger partial charge in [0.15, 0.2) is 0 Å². The highest BCUT2D eigenvalue weighted by Crippen LogP contribution is 2.37. The lowest BCUT2D eigenvalue weighted by molar-refractivity contribution is -0.120. The maximum Gasteiger partial charge on any atom is 0.282 e. The Bertz CT molecular complexity index is 1010. The highest BCUT2D eigenvalue weighted by Gasteiger charge is 2.43. The number of carbonyl (C=O) groups is 2. The summed E-state index contributed by atoms with van der Waals surface area (Å²) in [4.78, 5) is 30.4. The molecule has 1 saturated heterocycles. The predicted molar refractivity (Wildman–Crippen MR) is 120 cm³/mol. The first-order valence-corrected chi connectivity index (χ1v) is 10.8. The summed E-state index contributed by atoms with van der Waals surface area (Å²) < 4.78 is 5.53. The van der Waals surface area contributed by atoms with Gasteiger partial charge in [-0.1, -0.05) is 24.3 Å². The smallest absolute Gasteiger partial charge is 0.282 e. The van der Waals surface area contributed by atoms with Crippen LogP contribution in [0, 0.1) is 12.8 Å². The van der Waals surface area contributed by atoms with Gasteiger partial charge in [0.05, 0.1) is 17.9 Å². The van der Waals surface area contributed by atoms with Gasteiger partial charge in [-0.2, -0.15) is 0 Å². The van der Waals surface area contributed by atoms with E-state index >= 15 is 0 Å². The van der Waals surface area contributed by atoms with Crippen LogP contribution in [0.5, 0.6) is 5.75 Å². The number of hydrogen-bond donors (Lipinski definition) is 1. The first kappa shape index (κ1) is 21.1. The van der Waals surface area contributed by atoms with Crippen molar-refractivity contribution in [1.82, 2.24) is 4.90 Å². The van der Waals surface area contributed by atoms with Crippen molar-refractivity contribution in [2.24, 2.45) is 5.92 Å². The summed E-state index contributed by atoms with van der Waals surface area (Å²) in [6, 6.07) is 14.7. The number of aliphatic hydroxyl groups excluding tert-OH is 1. The fourth-order valence-electron chi connectivity index (χ4n) is 4.37. The Morgan fingerprint density at radius 1 is 1.10 bits per heavy atom. The first-order chi connectivity index (χ1) is 15.0. The lowest BCUT2D eigenvalue weighted by atomic mass is 9.97. The Labute approximate surface area is 182 Å². The lowest BCUT2D eigenvalue weighted by Gasteiger charge is -2.34. The Morgan fingerprint density at radius 2 is 1.87 bits per heavy atom. The van der Waals surface area contributed by atoms with Crippen LogP contribution in [0.15, 0.2) is 54.2 Å². The Hall–Kier alpha value is -3.12. The summed E-state index contributed by atoms with van der Waals surface area (Å²) in [6.45, 7) is 5.74. The Kier molecular flexibility index (Phi) is 6.09. The van der Waals surface area contributed by atoms with Crippen molar-refractivity contribution in [3.8, 4) is 5.75 Å². The van der Waals surface area contributed by atoms with Crippen molar-refractivity contribution in [3.05, 3.63) is 65.4 Å². The van der Waals surface area contributed by atoms with E-state index in [1.165, 1.54) is 4.90 Å². The van der Waals surface area contributed by atoms with Gasteiger partial charge in [-0.3, -0.25) is 9.59 Å². The number of piperidine rings is 1. The number of benzene rings is 2. The molecule has 0 saturated carbocycles. The SMILES string of the molecule is CCOc1ccc(C2=C(N3CCCC(CO)C3)C(=O)N(c3cccc(C)c3)C2=O)cc1. The minimum atomic E-state index is -0.319. The summed E-state index contributed by atoms with van der Waals surface area (Å²) in [7, 11) is 0. The van der Waals surface area contributed by atoms with E-state index in [2.05, 4.69) is 0 Å². The van der Waals surface area contributed by atoms with Crippen LogP contribution in [-0.4, -0.2) is 48.1 Å². The molecule has 0 spiro atoms. The largest absolute Gasteiger partial charge is 0.494 e. The normalized spacial score (nSPS) is 19.4. The van der Waals surface area contributed by atoms with Gasteiger partial charge >= 0.3 is 0 Å². The van der Waals surface area contributed by atoms with Crippen LogP contribution in [0.25, 0.3) is 5.57 Å². The number of aryl methyl sites for hydroxylation is 1. The third kappa shape index (κ3) is 4.08. The van der Waals surface area contributed by atoms with Crippen molar-refractivity contribution < 1.29 is 19.4 Å². The molecule has 0 radical (unpaired) electrons. The number of likely N-dealkylation sites (tertiary alicyclic amines) is 1. The van der Waals surface area contributed by atoms with E-state index in [9.17, 15) is 14.7 Å². The number of carbonyl (C=O) groups excluding carboxylic acids is 2. The van der Waals surface area contributed by atoms with Gasteiger partial charge in [-0.05, 0) is 68.0 Å². The molecule has 2 aliphatic heterocycles. The predicted octanol–water partition coefficient (Wildman–Crippen LogP) is 3.38. The van der Waals surface area contributed by atoms with Crippen LogP contribution in [0.4, 0.5) is 5.69 Å². The van der Waals surface area contributed by atoms with E-state index in [0.29, 0.717) is 42.2 Å². The van der Waals surface area contributed by atoms with Crippen molar-refractivity contribution in [2.45, 2.75) is 26.7 Å². The van der Waals surface area contributed by atoms with Gasteiger partial charge in [-0.15, -0.1) is 0 Å². The molecular weight excluding hydrogens is 392 g/mol. The Morgan fingerprint density at radius 3 is 2.55 bits per heavy atom. The summed E-state index contributed by atoms with van der Waals surface area (Å²) in [5.74, 6) is 0.191. The number of nitrogens with zero attached hydrogens (tertiary/aromatic N) is 2. The third-order valence-electron chi connectivity index (χ3n) is 5.87. The van der Waals surface area contributed by atoms with E-state index in [0.717, 1.165) is 24.2 Å². The summed E-state index contributed by atoms with van der Waals surface area (Å²) in [5.41, 5.74) is 3.08. The summed E-state index contributed by atoms with van der Waals surface area (Å²) in [6.07, 6.45) is 1.79. The van der Waals surface area contributed by atoms with Crippen molar-refractivity contribution in [1.29, 1.82) is 0 Å². The van der Waals surface area contributed by atoms with Crippen LogP contribution < -0.4 is 9.64 Å². The van der Waals surface area contributed by atoms with Gasteiger partial charge in [-0.25, -0.2) is 4.90 Å². The molecular formula is C25H28N2O4. The molecule has 0 aromatic heterocycles.